The smallest absolute Gasteiger partial charge is 0.324 e. The number of carbonyl (C=O) groups excluding carboxylic acids is 2. The molecule has 1 aliphatic heterocycles. The molecule has 3 amide bonds. The van der Waals surface area contributed by atoms with Crippen LogP contribution in [-0.2, 0) is 24.8 Å². The standard InChI is InChI=1S/C15H16N4O3S/c1-19-5-2-9(3-6-19)17-15(21)18-14-12(13(16)20)10-4-7-22-8-11(10)23-14/h2-3,5-6H,4,7-8H2,1H3,(H3,16,18,20,21)/p+1. The van der Waals surface area contributed by atoms with E-state index >= 15 is 0 Å². The van der Waals surface area contributed by atoms with Gasteiger partial charge in [0.15, 0.2) is 12.4 Å². The third-order valence-corrected chi connectivity index (χ3v) is 4.65. The summed E-state index contributed by atoms with van der Waals surface area (Å²) in [5.74, 6) is -0.536. The fraction of sp³-hybridized carbons (Fsp3) is 0.267. The first-order valence-electron chi connectivity index (χ1n) is 7.10. The summed E-state index contributed by atoms with van der Waals surface area (Å²) in [6.45, 7) is 0.995. The molecule has 4 N–H and O–H groups in total. The SMILES string of the molecule is C[n+]1ccc(NC(=O)Nc2sc3c(c2C(N)=O)CCOC3)cc1. The molecule has 0 unspecified atom stereocenters. The number of urea groups is 1. The van der Waals surface area contributed by atoms with Crippen LogP contribution in [0.2, 0.25) is 0 Å². The molecule has 0 radical (unpaired) electrons. The molecule has 0 atom stereocenters. The van der Waals surface area contributed by atoms with Crippen molar-refractivity contribution in [1.29, 1.82) is 0 Å². The number of hydrogen-bond donors (Lipinski definition) is 3. The molecule has 0 aromatic carbocycles. The van der Waals surface area contributed by atoms with Gasteiger partial charge in [0.05, 0.1) is 24.5 Å². The second-order valence-corrected chi connectivity index (χ2v) is 6.31. The minimum absolute atomic E-state index is 0.392. The maximum Gasteiger partial charge on any atom is 0.324 e. The Labute approximate surface area is 137 Å². The molecule has 0 spiro atoms. The molecule has 8 heteroatoms. The highest BCUT2D eigenvalue weighted by Gasteiger charge is 2.25. The number of amides is 3. The van der Waals surface area contributed by atoms with E-state index in [0.29, 0.717) is 35.9 Å². The van der Waals surface area contributed by atoms with Crippen molar-refractivity contribution >= 4 is 34.0 Å². The summed E-state index contributed by atoms with van der Waals surface area (Å²) in [7, 11) is 1.89. The Morgan fingerprint density at radius 1 is 1.30 bits per heavy atom. The van der Waals surface area contributed by atoms with Crippen molar-refractivity contribution in [3.05, 3.63) is 40.5 Å². The van der Waals surface area contributed by atoms with Crippen molar-refractivity contribution < 1.29 is 18.9 Å². The highest BCUT2D eigenvalue weighted by atomic mass is 32.1. The highest BCUT2D eigenvalue weighted by Crippen LogP contribution is 2.36. The zero-order chi connectivity index (χ0) is 16.4. The van der Waals surface area contributed by atoms with Gasteiger partial charge in [0, 0.05) is 17.0 Å². The van der Waals surface area contributed by atoms with E-state index in [4.69, 9.17) is 10.5 Å². The molecular formula is C15H17N4O3S+. The summed E-state index contributed by atoms with van der Waals surface area (Å²) in [5, 5.41) is 5.91. The Bertz CT molecular complexity index is 755. The first-order chi connectivity index (χ1) is 11.0. The molecule has 0 bridgehead atoms. The summed E-state index contributed by atoms with van der Waals surface area (Å²) in [6, 6.07) is 3.14. The number of pyridine rings is 1. The third-order valence-electron chi connectivity index (χ3n) is 3.53. The summed E-state index contributed by atoms with van der Waals surface area (Å²) < 4.78 is 7.25. The molecule has 0 aliphatic carbocycles. The van der Waals surface area contributed by atoms with Gasteiger partial charge in [0.2, 0.25) is 0 Å². The first-order valence-corrected chi connectivity index (χ1v) is 7.91. The molecule has 3 heterocycles. The number of fused-ring (bicyclic) bond motifs is 1. The average molecular weight is 333 g/mol. The fourth-order valence-corrected chi connectivity index (χ4v) is 3.62. The lowest BCUT2D eigenvalue weighted by molar-refractivity contribution is -0.671. The van der Waals surface area contributed by atoms with Gasteiger partial charge >= 0.3 is 6.03 Å². The number of nitrogens with one attached hydrogen (secondary N) is 2. The normalized spacial score (nSPS) is 13.3. The molecule has 3 rings (SSSR count). The molecule has 0 saturated heterocycles. The summed E-state index contributed by atoms with van der Waals surface area (Å²) >= 11 is 1.33. The predicted octanol–water partition coefficient (Wildman–Crippen LogP) is 1.39. The van der Waals surface area contributed by atoms with Crippen LogP contribution < -0.4 is 20.9 Å². The van der Waals surface area contributed by atoms with Crippen LogP contribution >= 0.6 is 11.3 Å². The predicted molar refractivity (Wildman–Crippen MR) is 86.5 cm³/mol. The highest BCUT2D eigenvalue weighted by molar-refractivity contribution is 7.17. The number of hydrogen-bond acceptors (Lipinski definition) is 4. The van der Waals surface area contributed by atoms with Crippen molar-refractivity contribution in [2.45, 2.75) is 13.0 Å². The van der Waals surface area contributed by atoms with Gasteiger partial charge in [-0.2, -0.15) is 0 Å². The Balaban J connectivity index is 1.79. The molecule has 120 valence electrons. The number of ether oxygens (including phenoxy) is 1. The van der Waals surface area contributed by atoms with Crippen LogP contribution in [0.4, 0.5) is 15.5 Å². The number of thiophene rings is 1. The number of rotatable bonds is 3. The number of carbonyl (C=O) groups is 2. The van der Waals surface area contributed by atoms with Gasteiger partial charge in [-0.3, -0.25) is 10.1 Å². The second-order valence-electron chi connectivity index (χ2n) is 5.21. The van der Waals surface area contributed by atoms with Crippen LogP contribution in [0.1, 0.15) is 20.8 Å². The van der Waals surface area contributed by atoms with Crippen LogP contribution in [-0.4, -0.2) is 18.5 Å². The molecule has 1 aliphatic rings. The number of aromatic nitrogens is 1. The van der Waals surface area contributed by atoms with Crippen molar-refractivity contribution in [1.82, 2.24) is 0 Å². The van der Waals surface area contributed by atoms with Gasteiger partial charge in [0.25, 0.3) is 5.91 Å². The van der Waals surface area contributed by atoms with Crippen LogP contribution in [0.15, 0.2) is 24.5 Å². The zero-order valence-corrected chi connectivity index (χ0v) is 13.4. The van der Waals surface area contributed by atoms with Gasteiger partial charge in [0.1, 0.15) is 12.0 Å². The number of nitrogens with zero attached hydrogens (tertiary/aromatic N) is 1. The van der Waals surface area contributed by atoms with Crippen LogP contribution in [0.5, 0.6) is 0 Å². The van der Waals surface area contributed by atoms with Gasteiger partial charge in [-0.1, -0.05) is 0 Å². The molecule has 2 aromatic heterocycles. The van der Waals surface area contributed by atoms with Gasteiger partial charge < -0.3 is 15.8 Å². The average Bonchev–Trinajstić information content (AvgIpc) is 2.87. The van der Waals surface area contributed by atoms with Gasteiger partial charge in [-0.15, -0.1) is 11.3 Å². The lowest BCUT2D eigenvalue weighted by Crippen LogP contribution is -2.27. The van der Waals surface area contributed by atoms with Gasteiger partial charge in [-0.05, 0) is 12.0 Å². The summed E-state index contributed by atoms with van der Waals surface area (Å²) in [5.41, 5.74) is 7.42. The van der Waals surface area contributed by atoms with Crippen molar-refractivity contribution in [2.75, 3.05) is 17.2 Å². The molecule has 7 nitrogen and oxygen atoms in total. The molecule has 0 fully saturated rings. The summed E-state index contributed by atoms with van der Waals surface area (Å²) in [6.07, 6.45) is 4.28. The third kappa shape index (κ3) is 3.33. The Hall–Kier alpha value is -2.45. The first kappa shape index (κ1) is 15.4. The van der Waals surface area contributed by atoms with E-state index in [9.17, 15) is 9.59 Å². The van der Waals surface area contributed by atoms with E-state index < -0.39 is 11.9 Å². The number of aryl methyl sites for hydroxylation is 1. The largest absolute Gasteiger partial charge is 0.376 e. The number of anilines is 2. The number of nitrogens with two attached hydrogens (primary N) is 1. The Morgan fingerprint density at radius 2 is 2.04 bits per heavy atom. The zero-order valence-electron chi connectivity index (χ0n) is 12.6. The van der Waals surface area contributed by atoms with E-state index in [1.54, 1.807) is 12.1 Å². The van der Waals surface area contributed by atoms with Crippen molar-refractivity contribution in [2.24, 2.45) is 12.8 Å². The molecule has 0 saturated carbocycles. The molecular weight excluding hydrogens is 316 g/mol. The molecule has 23 heavy (non-hydrogen) atoms. The Kier molecular flexibility index (Phi) is 4.26. The molecule has 2 aromatic rings. The number of primary amides is 1. The van der Waals surface area contributed by atoms with Gasteiger partial charge in [-0.25, -0.2) is 9.36 Å². The summed E-state index contributed by atoms with van der Waals surface area (Å²) in [4.78, 5) is 24.8. The van der Waals surface area contributed by atoms with Crippen LogP contribution in [0.25, 0.3) is 0 Å². The van der Waals surface area contributed by atoms with E-state index in [2.05, 4.69) is 10.6 Å². The topological polar surface area (TPSA) is 97.3 Å². The maximum atomic E-state index is 12.1. The van der Waals surface area contributed by atoms with Crippen LogP contribution in [0.3, 0.4) is 0 Å². The minimum atomic E-state index is -0.536. The minimum Gasteiger partial charge on any atom is -0.376 e. The van der Waals surface area contributed by atoms with E-state index in [1.807, 2.05) is 24.0 Å². The van der Waals surface area contributed by atoms with E-state index in [1.165, 1.54) is 11.3 Å². The second kappa shape index (κ2) is 6.35. The maximum absolute atomic E-state index is 12.1. The quantitative estimate of drug-likeness (QED) is 0.740. The van der Waals surface area contributed by atoms with E-state index in [-0.39, 0.29) is 0 Å². The lowest BCUT2D eigenvalue weighted by Gasteiger charge is -2.12. The van der Waals surface area contributed by atoms with E-state index in [0.717, 1.165) is 10.4 Å². The van der Waals surface area contributed by atoms with Crippen LogP contribution in [0, 0.1) is 0 Å². The lowest BCUT2D eigenvalue weighted by atomic mass is 10.1. The Morgan fingerprint density at radius 3 is 2.74 bits per heavy atom. The monoisotopic (exact) mass is 333 g/mol. The fourth-order valence-electron chi connectivity index (χ4n) is 2.43. The van der Waals surface area contributed by atoms with Crippen molar-refractivity contribution in [3.63, 3.8) is 0 Å². The van der Waals surface area contributed by atoms with Crippen molar-refractivity contribution in [3.8, 4) is 0 Å².